The Labute approximate surface area is 152 Å². The lowest BCUT2D eigenvalue weighted by atomic mass is 10.2. The molecule has 26 heavy (non-hydrogen) atoms. The van der Waals surface area contributed by atoms with Gasteiger partial charge in [-0.3, -0.25) is 9.36 Å². The van der Waals surface area contributed by atoms with Gasteiger partial charge in [-0.1, -0.05) is 0 Å². The number of benzene rings is 2. The number of aryl methyl sites for hydroxylation is 1. The predicted molar refractivity (Wildman–Crippen MR) is 101 cm³/mol. The van der Waals surface area contributed by atoms with Gasteiger partial charge in [0.2, 0.25) is 0 Å². The third-order valence-electron chi connectivity index (χ3n) is 4.23. The number of aromatic nitrogens is 2. The van der Waals surface area contributed by atoms with E-state index in [1.807, 2.05) is 49.4 Å². The summed E-state index contributed by atoms with van der Waals surface area (Å²) in [7, 11) is 3.30. The molecule has 0 spiro atoms. The van der Waals surface area contributed by atoms with Crippen LogP contribution in [0.15, 0.2) is 42.5 Å². The molecule has 0 saturated carbocycles. The lowest BCUT2D eigenvalue weighted by Gasteiger charge is -2.08. The highest BCUT2D eigenvalue weighted by atomic mass is 16.5. The van der Waals surface area contributed by atoms with Gasteiger partial charge in [-0.2, -0.15) is 0 Å². The van der Waals surface area contributed by atoms with Gasteiger partial charge in [0, 0.05) is 31.5 Å². The minimum Gasteiger partial charge on any atom is -0.497 e. The molecule has 3 rings (SSSR count). The highest BCUT2D eigenvalue weighted by Gasteiger charge is 2.12. The molecule has 0 radical (unpaired) electrons. The van der Waals surface area contributed by atoms with Crippen molar-refractivity contribution in [3.8, 4) is 11.4 Å². The number of ether oxygens (including phenoxy) is 2. The second-order valence-corrected chi connectivity index (χ2v) is 6.00. The average Bonchev–Trinajstić information content (AvgIpc) is 3.00. The fourth-order valence-corrected chi connectivity index (χ4v) is 2.92. The van der Waals surface area contributed by atoms with Gasteiger partial charge in [0.15, 0.2) is 0 Å². The summed E-state index contributed by atoms with van der Waals surface area (Å²) in [6, 6.07) is 13.4. The number of nitrogens with one attached hydrogen (secondary N) is 1. The third-order valence-corrected chi connectivity index (χ3v) is 4.23. The van der Waals surface area contributed by atoms with Crippen molar-refractivity contribution in [1.29, 1.82) is 0 Å². The molecule has 1 heterocycles. The zero-order valence-corrected chi connectivity index (χ0v) is 15.3. The number of carbonyl (C=O) groups excluding carboxylic acids is 1. The highest BCUT2D eigenvalue weighted by molar-refractivity contribution is 5.97. The summed E-state index contributed by atoms with van der Waals surface area (Å²) in [4.78, 5) is 16.9. The molecular weight excluding hydrogens is 330 g/mol. The number of amides is 1. The van der Waals surface area contributed by atoms with Crippen LogP contribution in [0.2, 0.25) is 0 Å². The van der Waals surface area contributed by atoms with Crippen molar-refractivity contribution in [2.45, 2.75) is 13.3 Å². The Morgan fingerprint density at radius 2 is 1.92 bits per heavy atom. The quantitative estimate of drug-likeness (QED) is 0.663. The largest absolute Gasteiger partial charge is 0.497 e. The molecule has 1 N–H and O–H groups in total. The summed E-state index contributed by atoms with van der Waals surface area (Å²) in [5.74, 6) is 1.57. The lowest BCUT2D eigenvalue weighted by molar-refractivity contribution is 0.0948. The van der Waals surface area contributed by atoms with Gasteiger partial charge >= 0.3 is 0 Å². The molecule has 3 aromatic rings. The van der Waals surface area contributed by atoms with Crippen molar-refractivity contribution in [1.82, 2.24) is 14.9 Å². The molecule has 0 saturated heterocycles. The molecule has 6 nitrogen and oxygen atoms in total. The van der Waals surface area contributed by atoms with E-state index < -0.39 is 0 Å². The molecule has 1 aromatic heterocycles. The normalized spacial score (nSPS) is 10.9. The van der Waals surface area contributed by atoms with Gasteiger partial charge in [0.1, 0.15) is 11.6 Å². The van der Waals surface area contributed by atoms with E-state index in [-0.39, 0.29) is 5.91 Å². The van der Waals surface area contributed by atoms with Crippen LogP contribution in [0, 0.1) is 6.92 Å². The van der Waals surface area contributed by atoms with E-state index in [2.05, 4.69) is 14.9 Å². The number of hydrogen-bond donors (Lipinski definition) is 1. The van der Waals surface area contributed by atoms with Crippen LogP contribution in [-0.2, 0) is 4.74 Å². The molecule has 6 heteroatoms. The number of nitrogens with zero attached hydrogens (tertiary/aromatic N) is 2. The van der Waals surface area contributed by atoms with E-state index in [1.165, 1.54) is 0 Å². The first-order chi connectivity index (χ1) is 12.6. The Morgan fingerprint density at radius 1 is 1.15 bits per heavy atom. The van der Waals surface area contributed by atoms with Crippen LogP contribution < -0.4 is 10.1 Å². The minimum atomic E-state index is -0.0975. The fourth-order valence-electron chi connectivity index (χ4n) is 2.92. The number of fused-ring (bicyclic) bond motifs is 1. The maximum absolute atomic E-state index is 12.3. The molecule has 136 valence electrons. The van der Waals surface area contributed by atoms with E-state index in [0.717, 1.165) is 34.7 Å². The SMILES string of the molecule is COCCCNC(=O)c1ccc2c(c1)nc(C)n2-c1ccc(OC)cc1. The summed E-state index contributed by atoms with van der Waals surface area (Å²) in [6.07, 6.45) is 0.787. The van der Waals surface area contributed by atoms with Gasteiger partial charge in [0.05, 0.1) is 18.1 Å². The van der Waals surface area contributed by atoms with Gasteiger partial charge in [0.25, 0.3) is 5.91 Å². The number of carbonyl (C=O) groups is 1. The summed E-state index contributed by atoms with van der Waals surface area (Å²) < 4.78 is 12.3. The Hall–Kier alpha value is -2.86. The monoisotopic (exact) mass is 353 g/mol. The maximum Gasteiger partial charge on any atom is 0.251 e. The molecule has 0 bridgehead atoms. The summed E-state index contributed by atoms with van der Waals surface area (Å²) >= 11 is 0. The first-order valence-corrected chi connectivity index (χ1v) is 8.54. The molecule has 1 amide bonds. The van der Waals surface area contributed by atoms with Gasteiger partial charge in [-0.25, -0.2) is 4.98 Å². The van der Waals surface area contributed by atoms with Crippen LogP contribution >= 0.6 is 0 Å². The van der Waals surface area contributed by atoms with Crippen LogP contribution in [0.25, 0.3) is 16.7 Å². The highest BCUT2D eigenvalue weighted by Crippen LogP contribution is 2.24. The topological polar surface area (TPSA) is 65.4 Å². The van der Waals surface area contributed by atoms with E-state index in [9.17, 15) is 4.79 Å². The Morgan fingerprint density at radius 3 is 2.62 bits per heavy atom. The minimum absolute atomic E-state index is 0.0975. The van der Waals surface area contributed by atoms with Crippen molar-refractivity contribution in [3.63, 3.8) is 0 Å². The maximum atomic E-state index is 12.3. The molecule has 0 aliphatic heterocycles. The number of methoxy groups -OCH3 is 2. The summed E-state index contributed by atoms with van der Waals surface area (Å²) in [6.45, 7) is 3.17. The molecule has 0 unspecified atom stereocenters. The van der Waals surface area contributed by atoms with Gasteiger partial charge in [-0.05, 0) is 55.8 Å². The summed E-state index contributed by atoms with van der Waals surface area (Å²) in [5, 5.41) is 2.90. The molecule has 0 aliphatic rings. The van der Waals surface area contributed by atoms with Crippen molar-refractivity contribution >= 4 is 16.9 Å². The van der Waals surface area contributed by atoms with Gasteiger partial charge in [-0.15, -0.1) is 0 Å². The molecule has 0 aliphatic carbocycles. The zero-order valence-electron chi connectivity index (χ0n) is 15.3. The lowest BCUT2D eigenvalue weighted by Crippen LogP contribution is -2.25. The first-order valence-electron chi connectivity index (χ1n) is 8.54. The Bertz CT molecular complexity index is 901. The van der Waals surface area contributed by atoms with E-state index in [1.54, 1.807) is 14.2 Å². The van der Waals surface area contributed by atoms with Crippen molar-refractivity contribution < 1.29 is 14.3 Å². The second kappa shape index (κ2) is 8.01. The van der Waals surface area contributed by atoms with E-state index in [4.69, 9.17) is 9.47 Å². The Kier molecular flexibility index (Phi) is 5.53. The van der Waals surface area contributed by atoms with Gasteiger partial charge < -0.3 is 14.8 Å². The standard InChI is InChI=1S/C20H23N3O3/c1-14-22-18-13-15(20(24)21-11-4-12-25-2)5-10-19(18)23(14)16-6-8-17(26-3)9-7-16/h5-10,13H,4,11-12H2,1-3H3,(H,21,24). The van der Waals surface area contributed by atoms with Crippen LogP contribution in [0.4, 0.5) is 0 Å². The number of hydrogen-bond acceptors (Lipinski definition) is 4. The summed E-state index contributed by atoms with van der Waals surface area (Å²) in [5.41, 5.74) is 3.36. The molecule has 0 fully saturated rings. The average molecular weight is 353 g/mol. The smallest absolute Gasteiger partial charge is 0.251 e. The van der Waals surface area contributed by atoms with E-state index in [0.29, 0.717) is 18.7 Å². The van der Waals surface area contributed by atoms with Crippen LogP contribution in [0.3, 0.4) is 0 Å². The van der Waals surface area contributed by atoms with Crippen LogP contribution in [0.5, 0.6) is 5.75 Å². The Balaban J connectivity index is 1.86. The second-order valence-electron chi connectivity index (χ2n) is 6.00. The fraction of sp³-hybridized carbons (Fsp3) is 0.300. The van der Waals surface area contributed by atoms with Crippen LogP contribution in [0.1, 0.15) is 22.6 Å². The number of imidazole rings is 1. The zero-order chi connectivity index (χ0) is 18.5. The third kappa shape index (κ3) is 3.70. The first kappa shape index (κ1) is 17.9. The van der Waals surface area contributed by atoms with Crippen molar-refractivity contribution in [2.75, 3.05) is 27.4 Å². The molecule has 0 atom stereocenters. The molecular formula is C20H23N3O3. The van der Waals surface area contributed by atoms with Crippen LogP contribution in [-0.4, -0.2) is 42.8 Å². The van der Waals surface area contributed by atoms with Crippen molar-refractivity contribution in [3.05, 3.63) is 53.9 Å². The number of rotatable bonds is 7. The molecule has 2 aromatic carbocycles. The van der Waals surface area contributed by atoms with E-state index >= 15 is 0 Å². The predicted octanol–water partition coefficient (Wildman–Crippen LogP) is 3.11. The van der Waals surface area contributed by atoms with Crippen molar-refractivity contribution in [2.24, 2.45) is 0 Å².